The van der Waals surface area contributed by atoms with Gasteiger partial charge in [0.25, 0.3) is 0 Å². The van der Waals surface area contributed by atoms with Crippen LogP contribution in [0, 0.1) is 0 Å². The summed E-state index contributed by atoms with van der Waals surface area (Å²) in [7, 11) is -3.30. The molecule has 32 heavy (non-hydrogen) atoms. The van der Waals surface area contributed by atoms with Crippen molar-refractivity contribution in [1.29, 1.82) is 0 Å². The average Bonchev–Trinajstić information content (AvgIpc) is 3.18. The number of nitrogens with zero attached hydrogens (tertiary/aromatic N) is 1. The Morgan fingerprint density at radius 3 is 2.53 bits per heavy atom. The molecule has 6 nitrogen and oxygen atoms in total. The second kappa shape index (κ2) is 9.33. The second-order valence-electron chi connectivity index (χ2n) is 7.09. The van der Waals surface area contributed by atoms with Gasteiger partial charge in [-0.25, -0.2) is 13.4 Å². The summed E-state index contributed by atoms with van der Waals surface area (Å²) in [4.78, 5) is 16.8. The second-order valence-corrected chi connectivity index (χ2v) is 10.1. The van der Waals surface area contributed by atoms with E-state index in [1.165, 1.54) is 23.5 Å². The van der Waals surface area contributed by atoms with Gasteiger partial charge in [-0.05, 0) is 47.5 Å². The van der Waals surface area contributed by atoms with E-state index in [0.717, 1.165) is 23.1 Å². The van der Waals surface area contributed by atoms with E-state index in [9.17, 15) is 13.2 Å². The first-order chi connectivity index (χ1) is 15.4. The maximum absolute atomic E-state index is 12.3. The molecule has 0 unspecified atom stereocenters. The molecule has 0 fully saturated rings. The molecule has 0 radical (unpaired) electrons. The summed E-state index contributed by atoms with van der Waals surface area (Å²) < 4.78 is 29.9. The Bertz CT molecular complexity index is 1380. The predicted molar refractivity (Wildman–Crippen MR) is 128 cm³/mol. The first kappa shape index (κ1) is 21.7. The Kier molecular flexibility index (Phi) is 6.34. The van der Waals surface area contributed by atoms with Crippen LogP contribution in [0.1, 0.15) is 11.1 Å². The maximum Gasteiger partial charge on any atom is 0.250 e. The van der Waals surface area contributed by atoms with Crippen LogP contribution in [-0.4, -0.2) is 25.6 Å². The number of thiazole rings is 1. The molecule has 1 N–H and O–H groups in total. The van der Waals surface area contributed by atoms with Crippen LogP contribution < -0.4 is 10.1 Å². The standard InChI is InChI=1S/C24H20N2O4S2/c1-32(28,29)20-12-13-21-22(15-20)31-24(25-21)26-23(27)14-9-17-7-10-19(11-8-17)30-16-18-5-3-2-4-6-18/h2-15H,16H2,1H3,(H,25,26,27)/b14-9+. The lowest BCUT2D eigenvalue weighted by atomic mass is 10.2. The number of hydrogen-bond donors (Lipinski definition) is 1. The fourth-order valence-corrected chi connectivity index (χ4v) is 4.55. The number of anilines is 1. The number of sulfone groups is 1. The van der Waals surface area contributed by atoms with E-state index >= 15 is 0 Å². The summed E-state index contributed by atoms with van der Waals surface area (Å²) in [6.07, 6.45) is 4.28. The van der Waals surface area contributed by atoms with Crippen LogP contribution >= 0.6 is 11.3 Å². The number of hydrogen-bond acceptors (Lipinski definition) is 6. The molecule has 1 amide bonds. The molecular formula is C24H20N2O4S2. The van der Waals surface area contributed by atoms with E-state index in [1.807, 2.05) is 54.6 Å². The molecule has 0 atom stereocenters. The third-order valence-electron chi connectivity index (χ3n) is 4.57. The third-order valence-corrected chi connectivity index (χ3v) is 6.62. The monoisotopic (exact) mass is 464 g/mol. The molecule has 3 aromatic carbocycles. The summed E-state index contributed by atoms with van der Waals surface area (Å²) in [5.74, 6) is 0.426. The van der Waals surface area contributed by atoms with Crippen LogP contribution in [0.3, 0.4) is 0 Å². The first-order valence-electron chi connectivity index (χ1n) is 9.73. The molecule has 0 saturated carbocycles. The third kappa shape index (κ3) is 5.60. The number of carbonyl (C=O) groups is 1. The zero-order valence-corrected chi connectivity index (χ0v) is 18.8. The van der Waals surface area contributed by atoms with Gasteiger partial charge in [0.2, 0.25) is 5.91 Å². The predicted octanol–water partition coefficient (Wildman–Crippen LogP) is 4.93. The van der Waals surface area contributed by atoms with Crippen molar-refractivity contribution < 1.29 is 17.9 Å². The van der Waals surface area contributed by atoms with Crippen molar-refractivity contribution in [3.05, 3.63) is 90.0 Å². The van der Waals surface area contributed by atoms with Crippen LogP contribution in [0.2, 0.25) is 0 Å². The minimum atomic E-state index is -3.30. The Morgan fingerprint density at radius 1 is 1.06 bits per heavy atom. The fraction of sp³-hybridized carbons (Fsp3) is 0.0833. The van der Waals surface area contributed by atoms with E-state index in [0.29, 0.717) is 22.0 Å². The van der Waals surface area contributed by atoms with Gasteiger partial charge < -0.3 is 4.74 Å². The van der Waals surface area contributed by atoms with Gasteiger partial charge in [0, 0.05) is 12.3 Å². The molecule has 1 heterocycles. The van der Waals surface area contributed by atoms with Crippen LogP contribution in [0.5, 0.6) is 5.75 Å². The molecule has 4 aromatic rings. The van der Waals surface area contributed by atoms with Crippen LogP contribution in [0.15, 0.2) is 83.8 Å². The first-order valence-corrected chi connectivity index (χ1v) is 12.4. The lowest BCUT2D eigenvalue weighted by Gasteiger charge is -2.06. The van der Waals surface area contributed by atoms with Gasteiger partial charge in [0.1, 0.15) is 12.4 Å². The number of fused-ring (bicyclic) bond motifs is 1. The Labute approximate surface area is 190 Å². The zero-order chi connectivity index (χ0) is 22.6. The average molecular weight is 465 g/mol. The zero-order valence-electron chi connectivity index (χ0n) is 17.2. The quantitative estimate of drug-likeness (QED) is 0.392. The lowest BCUT2D eigenvalue weighted by molar-refractivity contribution is -0.111. The van der Waals surface area contributed by atoms with Crippen molar-refractivity contribution >= 4 is 48.5 Å². The van der Waals surface area contributed by atoms with Gasteiger partial charge in [-0.2, -0.15) is 0 Å². The van der Waals surface area contributed by atoms with Gasteiger partial charge in [0.15, 0.2) is 15.0 Å². The molecule has 4 rings (SSSR count). The minimum Gasteiger partial charge on any atom is -0.489 e. The summed E-state index contributed by atoms with van der Waals surface area (Å²) in [6.45, 7) is 0.492. The van der Waals surface area contributed by atoms with E-state index in [1.54, 1.807) is 18.2 Å². The van der Waals surface area contributed by atoms with Gasteiger partial charge in [-0.3, -0.25) is 10.1 Å². The van der Waals surface area contributed by atoms with Crippen molar-refractivity contribution in [2.75, 3.05) is 11.6 Å². The molecule has 0 aliphatic heterocycles. The van der Waals surface area contributed by atoms with Gasteiger partial charge in [-0.15, -0.1) is 0 Å². The topological polar surface area (TPSA) is 85.4 Å². The van der Waals surface area contributed by atoms with Crippen molar-refractivity contribution in [1.82, 2.24) is 4.98 Å². The summed E-state index contributed by atoms with van der Waals surface area (Å²) in [5, 5.41) is 3.12. The number of nitrogens with one attached hydrogen (secondary N) is 1. The Morgan fingerprint density at radius 2 is 1.81 bits per heavy atom. The molecule has 0 bridgehead atoms. The van der Waals surface area contributed by atoms with Gasteiger partial charge in [0.05, 0.1) is 15.1 Å². The summed E-state index contributed by atoms with van der Waals surface area (Å²) >= 11 is 1.23. The fourth-order valence-electron chi connectivity index (χ4n) is 2.92. The molecule has 162 valence electrons. The minimum absolute atomic E-state index is 0.225. The highest BCUT2D eigenvalue weighted by atomic mass is 32.2. The smallest absolute Gasteiger partial charge is 0.250 e. The molecule has 0 saturated heterocycles. The molecular weight excluding hydrogens is 444 g/mol. The van der Waals surface area contributed by atoms with E-state index in [-0.39, 0.29) is 10.8 Å². The number of benzene rings is 3. The number of amides is 1. The summed E-state index contributed by atoms with van der Waals surface area (Å²) in [6, 6.07) is 22.1. The Balaban J connectivity index is 1.36. The van der Waals surface area contributed by atoms with Crippen molar-refractivity contribution in [2.24, 2.45) is 0 Å². The molecule has 0 spiro atoms. The maximum atomic E-state index is 12.3. The highest BCUT2D eigenvalue weighted by Gasteiger charge is 2.11. The SMILES string of the molecule is CS(=O)(=O)c1ccc2nc(NC(=O)/C=C/c3ccc(OCc4ccccc4)cc3)sc2c1. The van der Waals surface area contributed by atoms with Crippen LogP contribution in [0.4, 0.5) is 5.13 Å². The highest BCUT2D eigenvalue weighted by molar-refractivity contribution is 7.90. The van der Waals surface area contributed by atoms with E-state index < -0.39 is 9.84 Å². The number of rotatable bonds is 7. The highest BCUT2D eigenvalue weighted by Crippen LogP contribution is 2.28. The number of aromatic nitrogens is 1. The molecule has 0 aliphatic rings. The molecule has 0 aliphatic carbocycles. The lowest BCUT2D eigenvalue weighted by Crippen LogP contribution is -2.07. The van der Waals surface area contributed by atoms with E-state index in [2.05, 4.69) is 10.3 Å². The number of ether oxygens (including phenoxy) is 1. The van der Waals surface area contributed by atoms with Crippen LogP contribution in [-0.2, 0) is 21.2 Å². The van der Waals surface area contributed by atoms with Gasteiger partial charge in [-0.1, -0.05) is 53.8 Å². The van der Waals surface area contributed by atoms with E-state index in [4.69, 9.17) is 4.74 Å². The van der Waals surface area contributed by atoms with Crippen molar-refractivity contribution in [3.8, 4) is 5.75 Å². The molecule has 8 heteroatoms. The van der Waals surface area contributed by atoms with Gasteiger partial charge >= 0.3 is 0 Å². The largest absolute Gasteiger partial charge is 0.489 e. The summed E-state index contributed by atoms with van der Waals surface area (Å²) in [5.41, 5.74) is 2.58. The van der Waals surface area contributed by atoms with Crippen LogP contribution in [0.25, 0.3) is 16.3 Å². The normalized spacial score (nSPS) is 11.7. The molecule has 1 aromatic heterocycles. The van der Waals surface area contributed by atoms with Crippen molar-refractivity contribution in [3.63, 3.8) is 0 Å². The van der Waals surface area contributed by atoms with Crippen molar-refractivity contribution in [2.45, 2.75) is 11.5 Å². The Hall–Kier alpha value is -3.49. The number of carbonyl (C=O) groups excluding carboxylic acids is 1.